The Balaban J connectivity index is 3.36. The van der Waals surface area contributed by atoms with Gasteiger partial charge in [-0.15, -0.1) is 0 Å². The van der Waals surface area contributed by atoms with Crippen molar-refractivity contribution in [1.82, 2.24) is 0 Å². The zero-order chi connectivity index (χ0) is 21.4. The van der Waals surface area contributed by atoms with Crippen LogP contribution in [0.5, 0.6) is 0 Å². The first-order chi connectivity index (χ1) is 14.3. The van der Waals surface area contributed by atoms with Gasteiger partial charge < -0.3 is 38.3 Å². The molecule has 0 rings (SSSR count). The van der Waals surface area contributed by atoms with E-state index in [2.05, 4.69) is 6.92 Å². The molecule has 1 unspecified atom stereocenters. The second-order valence-corrected chi connectivity index (χ2v) is 6.04. The Hall–Kier alpha value is -0.810. The topological polar surface area (TPSA) is 102 Å². The standard InChI is InChI=1S/C20H40O9/c1-3-5-6-19(20(22)28-4-2)29-18-17-27-16-15-26-14-13-25-12-11-24-10-9-23-8-7-21/h19,21H,3-18H2,1-2H3. The maximum atomic E-state index is 11.8. The van der Waals surface area contributed by atoms with Gasteiger partial charge in [-0.25, -0.2) is 4.79 Å². The molecule has 0 aliphatic heterocycles. The molecule has 1 N–H and O–H groups in total. The molecule has 0 aromatic carbocycles. The van der Waals surface area contributed by atoms with E-state index in [9.17, 15) is 4.79 Å². The van der Waals surface area contributed by atoms with Crippen LogP contribution in [0.3, 0.4) is 0 Å². The summed E-state index contributed by atoms with van der Waals surface area (Å²) in [6, 6.07) is 0. The zero-order valence-electron chi connectivity index (χ0n) is 18.1. The summed E-state index contributed by atoms with van der Waals surface area (Å²) >= 11 is 0. The molecule has 0 aliphatic carbocycles. The first kappa shape index (κ1) is 28.2. The highest BCUT2D eigenvalue weighted by Crippen LogP contribution is 2.07. The second kappa shape index (κ2) is 23.5. The SMILES string of the molecule is CCCCC(OCCOCCOCCOCCOCCOCCO)C(=O)OCC. The summed E-state index contributed by atoms with van der Waals surface area (Å²) in [5, 5.41) is 8.54. The number of hydrogen-bond donors (Lipinski definition) is 1. The Bertz CT molecular complexity index is 342. The normalized spacial score (nSPS) is 12.2. The molecule has 0 saturated heterocycles. The minimum atomic E-state index is -0.510. The molecule has 29 heavy (non-hydrogen) atoms. The molecule has 0 spiro atoms. The van der Waals surface area contributed by atoms with Crippen LogP contribution in [0.2, 0.25) is 0 Å². The van der Waals surface area contributed by atoms with Crippen molar-refractivity contribution in [2.24, 2.45) is 0 Å². The molecule has 0 bridgehead atoms. The maximum Gasteiger partial charge on any atom is 0.335 e. The van der Waals surface area contributed by atoms with Crippen molar-refractivity contribution >= 4 is 5.97 Å². The lowest BCUT2D eigenvalue weighted by Gasteiger charge is -2.16. The van der Waals surface area contributed by atoms with Gasteiger partial charge in [0.15, 0.2) is 6.10 Å². The summed E-state index contributed by atoms with van der Waals surface area (Å²) in [6.45, 7) is 9.18. The van der Waals surface area contributed by atoms with E-state index in [1.165, 1.54) is 0 Å². The molecular formula is C20H40O9. The third-order valence-corrected chi connectivity index (χ3v) is 3.64. The van der Waals surface area contributed by atoms with Crippen LogP contribution in [0.1, 0.15) is 33.1 Å². The number of unbranched alkanes of at least 4 members (excludes halogenated alkanes) is 1. The van der Waals surface area contributed by atoms with Crippen molar-refractivity contribution in [3.63, 3.8) is 0 Å². The van der Waals surface area contributed by atoms with Crippen molar-refractivity contribution < 1.29 is 43.1 Å². The lowest BCUT2D eigenvalue weighted by Crippen LogP contribution is -2.28. The van der Waals surface area contributed by atoms with E-state index in [0.29, 0.717) is 85.7 Å². The highest BCUT2D eigenvalue weighted by Gasteiger charge is 2.19. The van der Waals surface area contributed by atoms with Crippen LogP contribution in [0.15, 0.2) is 0 Å². The monoisotopic (exact) mass is 424 g/mol. The van der Waals surface area contributed by atoms with Gasteiger partial charge in [0.2, 0.25) is 0 Å². The summed E-state index contributed by atoms with van der Waals surface area (Å²) in [6.07, 6.45) is 2.08. The molecule has 0 fully saturated rings. The van der Waals surface area contributed by atoms with Crippen LogP contribution >= 0.6 is 0 Å². The molecule has 0 aliphatic rings. The fourth-order valence-corrected chi connectivity index (χ4v) is 2.19. The van der Waals surface area contributed by atoms with E-state index in [1.54, 1.807) is 6.92 Å². The van der Waals surface area contributed by atoms with E-state index in [-0.39, 0.29) is 12.6 Å². The van der Waals surface area contributed by atoms with Gasteiger partial charge in [-0.3, -0.25) is 0 Å². The molecule has 0 aromatic rings. The highest BCUT2D eigenvalue weighted by atomic mass is 16.6. The van der Waals surface area contributed by atoms with E-state index < -0.39 is 6.10 Å². The lowest BCUT2D eigenvalue weighted by molar-refractivity contribution is -0.158. The van der Waals surface area contributed by atoms with Gasteiger partial charge in [0.1, 0.15) is 0 Å². The summed E-state index contributed by atoms with van der Waals surface area (Å²) in [7, 11) is 0. The Morgan fingerprint density at radius 1 is 0.724 bits per heavy atom. The first-order valence-electron chi connectivity index (χ1n) is 10.5. The van der Waals surface area contributed by atoms with Crippen LogP contribution in [0.25, 0.3) is 0 Å². The third-order valence-electron chi connectivity index (χ3n) is 3.64. The van der Waals surface area contributed by atoms with Gasteiger partial charge >= 0.3 is 5.97 Å². The average Bonchev–Trinajstić information content (AvgIpc) is 2.72. The summed E-state index contributed by atoms with van der Waals surface area (Å²) in [5.41, 5.74) is 0. The van der Waals surface area contributed by atoms with Crippen molar-refractivity contribution in [1.29, 1.82) is 0 Å². The molecule has 9 heteroatoms. The molecule has 0 saturated carbocycles. The first-order valence-corrected chi connectivity index (χ1v) is 10.5. The Morgan fingerprint density at radius 3 is 1.59 bits per heavy atom. The zero-order valence-corrected chi connectivity index (χ0v) is 18.1. The predicted molar refractivity (Wildman–Crippen MR) is 107 cm³/mol. The third kappa shape index (κ3) is 20.2. The van der Waals surface area contributed by atoms with Crippen molar-refractivity contribution in [2.45, 2.75) is 39.2 Å². The van der Waals surface area contributed by atoms with Gasteiger partial charge in [0.05, 0.1) is 85.9 Å². The van der Waals surface area contributed by atoms with Crippen LogP contribution in [-0.4, -0.2) is 103 Å². The molecule has 0 amide bonds. The number of esters is 1. The summed E-state index contributed by atoms with van der Waals surface area (Å²) < 4.78 is 37.2. The number of carbonyl (C=O) groups excluding carboxylic acids is 1. The summed E-state index contributed by atoms with van der Waals surface area (Å²) in [5.74, 6) is -0.301. The van der Waals surface area contributed by atoms with Crippen molar-refractivity contribution in [3.8, 4) is 0 Å². The Labute approximate surface area is 174 Å². The van der Waals surface area contributed by atoms with Crippen LogP contribution in [0.4, 0.5) is 0 Å². The van der Waals surface area contributed by atoms with E-state index in [0.717, 1.165) is 12.8 Å². The number of aliphatic hydroxyl groups is 1. The quantitative estimate of drug-likeness (QED) is 0.191. The van der Waals surface area contributed by atoms with Crippen molar-refractivity contribution in [2.75, 3.05) is 85.9 Å². The molecule has 1 atom stereocenters. The van der Waals surface area contributed by atoms with Gasteiger partial charge in [0.25, 0.3) is 0 Å². The molecule has 0 aromatic heterocycles. The number of ether oxygens (including phenoxy) is 7. The Kier molecular flexibility index (Phi) is 22.8. The minimum absolute atomic E-state index is 0.0247. The second-order valence-electron chi connectivity index (χ2n) is 6.04. The summed E-state index contributed by atoms with van der Waals surface area (Å²) in [4.78, 5) is 11.8. The van der Waals surface area contributed by atoms with Crippen LogP contribution in [0, 0.1) is 0 Å². The average molecular weight is 425 g/mol. The number of rotatable bonds is 23. The molecular weight excluding hydrogens is 384 g/mol. The molecule has 9 nitrogen and oxygen atoms in total. The van der Waals surface area contributed by atoms with Crippen molar-refractivity contribution in [3.05, 3.63) is 0 Å². The number of aliphatic hydroxyl groups excluding tert-OH is 1. The van der Waals surface area contributed by atoms with Gasteiger partial charge in [-0.2, -0.15) is 0 Å². The van der Waals surface area contributed by atoms with Crippen LogP contribution in [-0.2, 0) is 38.0 Å². The van der Waals surface area contributed by atoms with E-state index in [4.69, 9.17) is 38.3 Å². The molecule has 0 radical (unpaired) electrons. The van der Waals surface area contributed by atoms with Crippen LogP contribution < -0.4 is 0 Å². The lowest BCUT2D eigenvalue weighted by atomic mass is 10.1. The smallest absolute Gasteiger partial charge is 0.335 e. The largest absolute Gasteiger partial charge is 0.464 e. The van der Waals surface area contributed by atoms with E-state index in [1.807, 2.05) is 0 Å². The fourth-order valence-electron chi connectivity index (χ4n) is 2.19. The van der Waals surface area contributed by atoms with E-state index >= 15 is 0 Å². The fraction of sp³-hybridized carbons (Fsp3) is 0.950. The number of hydrogen-bond acceptors (Lipinski definition) is 9. The molecule has 0 heterocycles. The maximum absolute atomic E-state index is 11.8. The molecule has 174 valence electrons. The minimum Gasteiger partial charge on any atom is -0.464 e. The van der Waals surface area contributed by atoms with Gasteiger partial charge in [-0.05, 0) is 13.3 Å². The number of carbonyl (C=O) groups is 1. The Morgan fingerprint density at radius 2 is 1.17 bits per heavy atom. The predicted octanol–water partition coefficient (Wildman–Crippen LogP) is 1.20. The van der Waals surface area contributed by atoms with Gasteiger partial charge in [-0.1, -0.05) is 19.8 Å². The highest BCUT2D eigenvalue weighted by molar-refractivity contribution is 5.74. The van der Waals surface area contributed by atoms with Gasteiger partial charge in [0, 0.05) is 0 Å².